The predicted molar refractivity (Wildman–Crippen MR) is 236 cm³/mol. The first-order chi connectivity index (χ1) is 30.1. The van der Waals surface area contributed by atoms with Crippen molar-refractivity contribution >= 4 is 44.0 Å². The molecule has 326 valence electrons. The van der Waals surface area contributed by atoms with Gasteiger partial charge in [-0.1, -0.05) is 18.2 Å². The number of para-hydroxylation sites is 1. The third-order valence-electron chi connectivity index (χ3n) is 13.3. The van der Waals surface area contributed by atoms with Crippen molar-refractivity contribution in [1.82, 2.24) is 19.6 Å². The highest BCUT2D eigenvalue weighted by molar-refractivity contribution is 7.90. The molecule has 62 heavy (non-hydrogen) atoms. The Balaban J connectivity index is 0.901. The molecule has 3 aliphatic heterocycles. The Morgan fingerprint density at radius 3 is 2.60 bits per heavy atom. The summed E-state index contributed by atoms with van der Waals surface area (Å²) in [6.45, 7) is 7.20. The van der Waals surface area contributed by atoms with E-state index in [4.69, 9.17) is 14.2 Å². The highest BCUT2D eigenvalue weighted by atomic mass is 32.2. The van der Waals surface area contributed by atoms with Crippen molar-refractivity contribution in [1.29, 1.82) is 0 Å². The molecule has 1 spiro atoms. The van der Waals surface area contributed by atoms with E-state index in [2.05, 4.69) is 48.0 Å². The number of nitro benzene ring substituents is 1. The summed E-state index contributed by atoms with van der Waals surface area (Å²) in [6, 6.07) is 21.8. The highest BCUT2D eigenvalue weighted by Gasteiger charge is 2.50. The third kappa shape index (κ3) is 8.68. The van der Waals surface area contributed by atoms with E-state index in [1.807, 2.05) is 25.1 Å². The third-order valence-corrected chi connectivity index (χ3v) is 14.6. The Labute approximate surface area is 361 Å². The van der Waals surface area contributed by atoms with Crippen LogP contribution in [-0.2, 0) is 14.8 Å². The molecule has 15 nitrogen and oxygen atoms in total. The SMILES string of the molecule is CCOc1ccccc1[C@@H]1CCCN1C1CC2(CCN(c3ccc(C(=O)NS(=O)(=O)c4ccc(NCC5CCOCC5)c([N+](=O)[O-])c4)c(Oc4cnc5[nH]ccc5c4)c3)CC2)C1. The number of nitrogens with zero attached hydrogens (tertiary/aromatic N) is 4. The molecule has 5 aromatic rings. The maximum absolute atomic E-state index is 13.9. The van der Waals surface area contributed by atoms with Crippen LogP contribution in [0.2, 0.25) is 0 Å². The van der Waals surface area contributed by atoms with E-state index in [1.165, 1.54) is 37.0 Å². The van der Waals surface area contributed by atoms with E-state index in [1.54, 1.807) is 30.6 Å². The van der Waals surface area contributed by atoms with Crippen molar-refractivity contribution in [3.05, 3.63) is 106 Å². The maximum Gasteiger partial charge on any atom is 0.293 e. The summed E-state index contributed by atoms with van der Waals surface area (Å²) in [5.41, 5.74) is 2.89. The summed E-state index contributed by atoms with van der Waals surface area (Å²) < 4.78 is 47.3. The van der Waals surface area contributed by atoms with Gasteiger partial charge in [0.1, 0.15) is 28.6 Å². The van der Waals surface area contributed by atoms with Gasteiger partial charge >= 0.3 is 0 Å². The summed E-state index contributed by atoms with van der Waals surface area (Å²) in [7, 11) is -4.54. The molecule has 3 aromatic carbocycles. The number of aromatic amines is 1. The van der Waals surface area contributed by atoms with Crippen LogP contribution in [0.25, 0.3) is 11.0 Å². The number of sulfonamides is 1. The lowest BCUT2D eigenvalue weighted by molar-refractivity contribution is -0.384. The van der Waals surface area contributed by atoms with E-state index in [9.17, 15) is 23.3 Å². The fourth-order valence-electron chi connectivity index (χ4n) is 9.93. The number of ether oxygens (including phenoxy) is 3. The number of rotatable bonds is 14. The molecule has 9 rings (SSSR count). The van der Waals surface area contributed by atoms with Gasteiger partial charge in [-0.25, -0.2) is 18.1 Å². The molecule has 1 amide bonds. The van der Waals surface area contributed by atoms with Gasteiger partial charge in [0.05, 0.1) is 28.2 Å². The van der Waals surface area contributed by atoms with Crippen molar-refractivity contribution in [2.75, 3.05) is 56.2 Å². The van der Waals surface area contributed by atoms with Crippen molar-refractivity contribution < 1.29 is 32.3 Å². The number of aromatic nitrogens is 2. The van der Waals surface area contributed by atoms with Crippen LogP contribution in [0.4, 0.5) is 17.1 Å². The number of fused-ring (bicyclic) bond motifs is 1. The van der Waals surface area contributed by atoms with Crippen molar-refractivity contribution in [3.63, 3.8) is 0 Å². The average Bonchev–Trinajstić information content (AvgIpc) is 3.95. The summed E-state index contributed by atoms with van der Waals surface area (Å²) in [5, 5.41) is 16.0. The lowest BCUT2D eigenvalue weighted by Gasteiger charge is -2.56. The molecule has 3 N–H and O–H groups in total. The van der Waals surface area contributed by atoms with Crippen LogP contribution >= 0.6 is 0 Å². The fourth-order valence-corrected chi connectivity index (χ4v) is 10.9. The number of amides is 1. The quantitative estimate of drug-likeness (QED) is 0.0720. The van der Waals surface area contributed by atoms with Gasteiger partial charge in [0, 0.05) is 79.9 Å². The molecule has 1 atom stereocenters. The summed E-state index contributed by atoms with van der Waals surface area (Å²) in [5.74, 6) is 0.860. The van der Waals surface area contributed by atoms with Gasteiger partial charge < -0.3 is 29.4 Å². The summed E-state index contributed by atoms with van der Waals surface area (Å²) >= 11 is 0. The zero-order valence-electron chi connectivity index (χ0n) is 34.9. The molecule has 3 saturated heterocycles. The number of nitro groups is 1. The Bertz CT molecular complexity index is 2540. The van der Waals surface area contributed by atoms with Crippen LogP contribution in [0.15, 0.2) is 90.1 Å². The van der Waals surface area contributed by atoms with E-state index in [-0.39, 0.29) is 28.3 Å². The number of likely N-dealkylation sites (tertiary alicyclic amines) is 1. The van der Waals surface area contributed by atoms with E-state index >= 15 is 0 Å². The molecule has 5 heterocycles. The molecular weight excluding hydrogens is 811 g/mol. The maximum atomic E-state index is 13.9. The summed E-state index contributed by atoms with van der Waals surface area (Å²) in [6.07, 6.45) is 11.7. The Morgan fingerprint density at radius 2 is 1.81 bits per heavy atom. The van der Waals surface area contributed by atoms with Gasteiger partial charge in [0.15, 0.2) is 0 Å². The van der Waals surface area contributed by atoms with E-state index in [0.29, 0.717) is 49.8 Å². The number of anilines is 2. The van der Waals surface area contributed by atoms with E-state index in [0.717, 1.165) is 74.6 Å². The van der Waals surface area contributed by atoms with Crippen molar-refractivity contribution in [2.24, 2.45) is 11.3 Å². The van der Waals surface area contributed by atoms with Gasteiger partial charge in [0.2, 0.25) is 0 Å². The van der Waals surface area contributed by atoms with E-state index < -0.39 is 31.4 Å². The first-order valence-corrected chi connectivity index (χ1v) is 23.2. The Hall–Kier alpha value is -5.71. The monoisotopic (exact) mass is 863 g/mol. The average molecular weight is 864 g/mol. The number of piperidine rings is 1. The van der Waals surface area contributed by atoms with Gasteiger partial charge in [-0.05, 0) is 119 Å². The minimum atomic E-state index is -4.54. The smallest absolute Gasteiger partial charge is 0.293 e. The Kier molecular flexibility index (Phi) is 11.8. The zero-order valence-corrected chi connectivity index (χ0v) is 35.7. The highest BCUT2D eigenvalue weighted by Crippen LogP contribution is 2.54. The van der Waals surface area contributed by atoms with Crippen molar-refractivity contribution in [3.8, 4) is 17.2 Å². The standard InChI is InChI=1S/C46H53N7O8S/c1-2-60-42-8-4-3-6-37(42)40-7-5-19-52(40)34-27-46(28-34)16-20-51(21-17-46)33-9-11-38(43(25-33)61-35-24-32-13-18-47-44(32)49-30-35)45(54)50-62(57,58)36-10-12-39(41(26-36)53(55)56)48-29-31-14-22-59-23-15-31/h3-4,6,8-13,18,24-26,30-31,34,40,48H,2,5,7,14-17,19-23,27-29H2,1H3,(H,47,49)(H,50,54)/t40-/m0/s1. The molecule has 0 radical (unpaired) electrons. The Morgan fingerprint density at radius 1 is 1.00 bits per heavy atom. The predicted octanol–water partition coefficient (Wildman–Crippen LogP) is 8.21. The molecular formula is C46H53N7O8S. The molecule has 2 aromatic heterocycles. The number of H-pyrrole nitrogens is 1. The number of hydrogen-bond acceptors (Lipinski definition) is 12. The molecule has 0 unspecified atom stereocenters. The van der Waals surface area contributed by atoms with Crippen LogP contribution in [0.5, 0.6) is 17.2 Å². The van der Waals surface area contributed by atoms with Gasteiger partial charge in [-0.15, -0.1) is 0 Å². The number of carbonyl (C=O) groups is 1. The second-order valence-corrected chi connectivity index (χ2v) is 18.8. The lowest BCUT2D eigenvalue weighted by Crippen LogP contribution is -2.54. The van der Waals surface area contributed by atoms with Gasteiger partial charge in [-0.3, -0.25) is 19.8 Å². The molecule has 16 heteroatoms. The van der Waals surface area contributed by atoms with Crippen LogP contribution in [0.1, 0.15) is 80.3 Å². The van der Waals surface area contributed by atoms with Crippen molar-refractivity contribution in [2.45, 2.75) is 75.3 Å². The number of hydrogen-bond donors (Lipinski definition) is 3. The molecule has 1 saturated carbocycles. The van der Waals surface area contributed by atoms with Gasteiger partial charge in [-0.2, -0.15) is 0 Å². The largest absolute Gasteiger partial charge is 0.494 e. The minimum absolute atomic E-state index is 0.0165. The summed E-state index contributed by atoms with van der Waals surface area (Å²) in [4.78, 5) is 37.5. The molecule has 4 fully saturated rings. The molecule has 0 bridgehead atoms. The van der Waals surface area contributed by atoms with Crippen LogP contribution in [-0.4, -0.2) is 86.2 Å². The van der Waals surface area contributed by atoms with Crippen LogP contribution in [0, 0.1) is 21.4 Å². The number of carbonyl (C=O) groups excluding carboxylic acids is 1. The second-order valence-electron chi connectivity index (χ2n) is 17.1. The fraction of sp³-hybridized carbons (Fsp3) is 0.435. The van der Waals surface area contributed by atoms with Crippen LogP contribution in [0.3, 0.4) is 0 Å². The first-order valence-electron chi connectivity index (χ1n) is 21.7. The zero-order chi connectivity index (χ0) is 42.8. The molecule has 1 aliphatic carbocycles. The van der Waals surface area contributed by atoms with Gasteiger partial charge in [0.25, 0.3) is 21.6 Å². The normalized spacial score (nSPS) is 19.6. The number of nitrogens with one attached hydrogen (secondary N) is 3. The topological polar surface area (TPSA) is 181 Å². The van der Waals surface area contributed by atoms with Crippen LogP contribution < -0.4 is 24.4 Å². The molecule has 4 aliphatic rings. The second kappa shape index (κ2) is 17.6. The first kappa shape index (κ1) is 41.6. The minimum Gasteiger partial charge on any atom is -0.494 e. The number of pyridine rings is 1. The number of benzene rings is 3. The lowest BCUT2D eigenvalue weighted by atomic mass is 9.60.